The normalized spacial score (nSPS) is 11.0. The predicted molar refractivity (Wildman–Crippen MR) is 86.2 cm³/mol. The van der Waals surface area contributed by atoms with Gasteiger partial charge in [-0.25, -0.2) is 4.39 Å². The molecule has 0 aliphatic rings. The van der Waals surface area contributed by atoms with Gasteiger partial charge in [-0.2, -0.15) is 0 Å². The van der Waals surface area contributed by atoms with Crippen molar-refractivity contribution in [1.29, 1.82) is 0 Å². The fourth-order valence-corrected chi connectivity index (χ4v) is 3.23. The first-order valence-electron chi connectivity index (χ1n) is 6.64. The summed E-state index contributed by atoms with van der Waals surface area (Å²) < 4.78 is 14.3. The monoisotopic (exact) mass is 298 g/mol. The van der Waals surface area contributed by atoms with Crippen LogP contribution in [0.15, 0.2) is 52.4 Å². The van der Waals surface area contributed by atoms with Gasteiger partial charge in [-0.1, -0.05) is 17.8 Å². The van der Waals surface area contributed by atoms with Gasteiger partial charge in [0.1, 0.15) is 5.82 Å². The van der Waals surface area contributed by atoms with Crippen LogP contribution in [-0.4, -0.2) is 4.98 Å². The number of halogens is 1. The van der Waals surface area contributed by atoms with E-state index in [1.807, 2.05) is 18.2 Å². The minimum Gasteiger partial charge on any atom is -0.398 e. The summed E-state index contributed by atoms with van der Waals surface area (Å²) in [6.07, 6.45) is 1.66. The summed E-state index contributed by atoms with van der Waals surface area (Å²) in [4.78, 5) is 5.81. The van der Waals surface area contributed by atoms with Crippen LogP contribution >= 0.6 is 11.8 Å². The van der Waals surface area contributed by atoms with E-state index in [9.17, 15) is 4.39 Å². The molecule has 2 N–H and O–H groups in total. The van der Waals surface area contributed by atoms with Crippen molar-refractivity contribution >= 4 is 28.4 Å². The van der Waals surface area contributed by atoms with Crippen LogP contribution in [0.5, 0.6) is 0 Å². The van der Waals surface area contributed by atoms with Gasteiger partial charge in [0.2, 0.25) is 0 Å². The molecule has 21 heavy (non-hydrogen) atoms. The molecule has 0 spiro atoms. The van der Waals surface area contributed by atoms with Crippen LogP contribution in [0.25, 0.3) is 10.9 Å². The zero-order chi connectivity index (χ0) is 15.0. The molecule has 0 saturated heterocycles. The molecule has 1 heterocycles. The Labute approximate surface area is 127 Å². The molecule has 0 aliphatic heterocycles. The SMILES string of the molecule is Cc1ccc(Sc2c(F)cc(N)c3cccnc23)cc1C. The number of nitrogen functional groups attached to an aromatic ring is 1. The number of pyridine rings is 1. The van der Waals surface area contributed by atoms with Gasteiger partial charge in [-0.15, -0.1) is 0 Å². The van der Waals surface area contributed by atoms with Crippen molar-refractivity contribution in [1.82, 2.24) is 4.98 Å². The van der Waals surface area contributed by atoms with E-state index in [4.69, 9.17) is 5.73 Å². The van der Waals surface area contributed by atoms with E-state index in [1.165, 1.54) is 29.0 Å². The van der Waals surface area contributed by atoms with Gasteiger partial charge >= 0.3 is 0 Å². The van der Waals surface area contributed by atoms with Crippen molar-refractivity contribution in [3.05, 3.63) is 59.5 Å². The van der Waals surface area contributed by atoms with Crippen molar-refractivity contribution in [2.45, 2.75) is 23.6 Å². The summed E-state index contributed by atoms with van der Waals surface area (Å²) in [6.45, 7) is 4.11. The molecule has 0 bridgehead atoms. The minimum atomic E-state index is -0.332. The van der Waals surface area contributed by atoms with Crippen LogP contribution in [0, 0.1) is 19.7 Å². The van der Waals surface area contributed by atoms with Gasteiger partial charge in [0.05, 0.1) is 10.4 Å². The van der Waals surface area contributed by atoms with Gasteiger partial charge in [0, 0.05) is 22.2 Å². The van der Waals surface area contributed by atoms with E-state index in [0.717, 1.165) is 10.3 Å². The molecule has 0 fully saturated rings. The average molecular weight is 298 g/mol. The highest BCUT2D eigenvalue weighted by Crippen LogP contribution is 2.37. The second kappa shape index (κ2) is 5.37. The summed E-state index contributed by atoms with van der Waals surface area (Å²) in [5.74, 6) is -0.332. The van der Waals surface area contributed by atoms with Gasteiger partial charge in [0.25, 0.3) is 0 Å². The standard InChI is InChI=1S/C17H15FN2S/c1-10-5-6-12(8-11(10)2)21-17-14(18)9-15(19)13-4-3-7-20-16(13)17/h3-9H,19H2,1-2H3. The number of fused-ring (bicyclic) bond motifs is 1. The number of anilines is 1. The molecule has 0 saturated carbocycles. The van der Waals surface area contributed by atoms with E-state index >= 15 is 0 Å². The number of nitrogens with zero attached hydrogens (tertiary/aromatic N) is 1. The third-order valence-electron chi connectivity index (χ3n) is 3.53. The van der Waals surface area contributed by atoms with Crippen molar-refractivity contribution in [2.75, 3.05) is 5.73 Å². The highest BCUT2D eigenvalue weighted by Gasteiger charge is 2.13. The molecule has 1 aromatic heterocycles. The zero-order valence-corrected chi connectivity index (χ0v) is 12.7. The Morgan fingerprint density at radius 2 is 1.90 bits per heavy atom. The first-order chi connectivity index (χ1) is 10.1. The molecule has 0 unspecified atom stereocenters. The smallest absolute Gasteiger partial charge is 0.141 e. The Kier molecular flexibility index (Phi) is 3.55. The maximum Gasteiger partial charge on any atom is 0.141 e. The third kappa shape index (κ3) is 2.59. The van der Waals surface area contributed by atoms with Gasteiger partial charge in [-0.05, 0) is 55.3 Å². The summed E-state index contributed by atoms with van der Waals surface area (Å²) >= 11 is 1.38. The number of hydrogen-bond acceptors (Lipinski definition) is 3. The Bertz CT molecular complexity index is 830. The van der Waals surface area contributed by atoms with Crippen LogP contribution in [0.1, 0.15) is 11.1 Å². The van der Waals surface area contributed by atoms with Crippen molar-refractivity contribution in [3.8, 4) is 0 Å². The van der Waals surface area contributed by atoms with Crippen LogP contribution in [0.3, 0.4) is 0 Å². The fraction of sp³-hybridized carbons (Fsp3) is 0.118. The number of hydrogen-bond donors (Lipinski definition) is 1. The minimum absolute atomic E-state index is 0.332. The second-order valence-electron chi connectivity index (χ2n) is 5.02. The number of benzene rings is 2. The number of nitrogens with two attached hydrogens (primary N) is 1. The quantitative estimate of drug-likeness (QED) is 0.695. The molecule has 2 nitrogen and oxygen atoms in total. The molecular weight excluding hydrogens is 283 g/mol. The summed E-state index contributed by atoms with van der Waals surface area (Å²) in [6, 6.07) is 11.1. The van der Waals surface area contributed by atoms with E-state index in [2.05, 4.69) is 24.9 Å². The first-order valence-corrected chi connectivity index (χ1v) is 7.45. The summed E-state index contributed by atoms with van der Waals surface area (Å²) in [5.41, 5.74) is 9.31. The van der Waals surface area contributed by atoms with Gasteiger partial charge < -0.3 is 5.73 Å². The molecule has 4 heteroatoms. The molecule has 0 atom stereocenters. The lowest BCUT2D eigenvalue weighted by molar-refractivity contribution is 0.605. The molecule has 3 aromatic rings. The Hall–Kier alpha value is -2.07. The Morgan fingerprint density at radius 1 is 1.10 bits per heavy atom. The van der Waals surface area contributed by atoms with Crippen molar-refractivity contribution < 1.29 is 4.39 Å². The summed E-state index contributed by atoms with van der Waals surface area (Å²) in [7, 11) is 0. The number of rotatable bonds is 2. The lowest BCUT2D eigenvalue weighted by atomic mass is 10.1. The van der Waals surface area contributed by atoms with Gasteiger partial charge in [-0.3, -0.25) is 4.98 Å². The molecular formula is C17H15FN2S. The fourth-order valence-electron chi connectivity index (χ4n) is 2.20. The predicted octanol–water partition coefficient (Wildman–Crippen LogP) is 4.72. The molecule has 2 aromatic carbocycles. The Morgan fingerprint density at radius 3 is 2.67 bits per heavy atom. The molecule has 0 radical (unpaired) electrons. The highest BCUT2D eigenvalue weighted by molar-refractivity contribution is 7.99. The summed E-state index contributed by atoms with van der Waals surface area (Å²) in [5, 5.41) is 0.783. The lowest BCUT2D eigenvalue weighted by Gasteiger charge is -2.10. The molecule has 3 rings (SSSR count). The van der Waals surface area contributed by atoms with Crippen molar-refractivity contribution in [2.24, 2.45) is 0 Å². The van der Waals surface area contributed by atoms with E-state index < -0.39 is 0 Å². The number of aromatic nitrogens is 1. The Balaban J connectivity index is 2.14. The lowest BCUT2D eigenvalue weighted by Crippen LogP contribution is -1.94. The molecule has 0 aliphatic carbocycles. The molecule has 106 valence electrons. The van der Waals surface area contributed by atoms with Crippen molar-refractivity contribution in [3.63, 3.8) is 0 Å². The van der Waals surface area contributed by atoms with E-state index in [1.54, 1.807) is 12.3 Å². The van der Waals surface area contributed by atoms with Crippen LogP contribution in [0.2, 0.25) is 0 Å². The third-order valence-corrected chi connectivity index (χ3v) is 4.61. The average Bonchev–Trinajstić information content (AvgIpc) is 2.47. The van der Waals surface area contributed by atoms with Crippen LogP contribution < -0.4 is 5.73 Å². The van der Waals surface area contributed by atoms with E-state index in [-0.39, 0.29) is 5.82 Å². The molecule has 0 amide bonds. The highest BCUT2D eigenvalue weighted by atomic mass is 32.2. The maximum absolute atomic E-state index is 14.3. The largest absolute Gasteiger partial charge is 0.398 e. The van der Waals surface area contributed by atoms with Gasteiger partial charge in [0.15, 0.2) is 0 Å². The maximum atomic E-state index is 14.3. The second-order valence-corrected chi connectivity index (χ2v) is 6.11. The topological polar surface area (TPSA) is 38.9 Å². The first kappa shape index (κ1) is 13.9. The number of aryl methyl sites for hydroxylation is 2. The van der Waals surface area contributed by atoms with E-state index in [0.29, 0.717) is 16.1 Å². The van der Waals surface area contributed by atoms with Crippen LogP contribution in [-0.2, 0) is 0 Å². The zero-order valence-electron chi connectivity index (χ0n) is 11.9. The van der Waals surface area contributed by atoms with Crippen LogP contribution in [0.4, 0.5) is 10.1 Å².